The number of carbonyl (C=O) groups excluding carboxylic acids is 2. The van der Waals surface area contributed by atoms with Crippen LogP contribution >= 0.6 is 11.8 Å². The number of fused-ring (bicyclic) bond motifs is 3. The van der Waals surface area contributed by atoms with Crippen LogP contribution in [0.2, 0.25) is 0 Å². The Kier molecular flexibility index (Phi) is 12.2. The smallest absolute Gasteiger partial charge is 0.452 e. The topological polar surface area (TPSA) is 89.5 Å². The predicted molar refractivity (Wildman–Crippen MR) is 203 cm³/mol. The van der Waals surface area contributed by atoms with E-state index in [1.165, 1.54) is 11.8 Å². The number of rotatable bonds is 14. The van der Waals surface area contributed by atoms with Gasteiger partial charge in [-0.2, -0.15) is 0 Å². The van der Waals surface area contributed by atoms with Crippen LogP contribution < -0.4 is 0 Å². The zero-order valence-electron chi connectivity index (χ0n) is 29.5. The Hall–Kier alpha value is -4.93. The molecule has 1 aliphatic heterocycles. The van der Waals surface area contributed by atoms with E-state index in [1.807, 2.05) is 97.9 Å². The molecule has 0 amide bonds. The van der Waals surface area contributed by atoms with Gasteiger partial charge >= 0.3 is 12.1 Å². The molecule has 1 saturated heterocycles. The van der Waals surface area contributed by atoms with Crippen molar-refractivity contribution in [2.24, 2.45) is 0 Å². The van der Waals surface area contributed by atoms with Crippen molar-refractivity contribution in [1.82, 2.24) is 0 Å². The van der Waals surface area contributed by atoms with Crippen molar-refractivity contribution in [2.75, 3.05) is 19.0 Å². The molecule has 0 N–H and O–H groups in total. The summed E-state index contributed by atoms with van der Waals surface area (Å²) in [5, 5.41) is 0. The molecule has 1 fully saturated rings. The molecule has 5 aromatic carbocycles. The molecular weight excluding hydrogens is 689 g/mol. The summed E-state index contributed by atoms with van der Waals surface area (Å²) in [5.74, 6) is -0.0178. The molecule has 0 bridgehead atoms. The first kappa shape index (κ1) is 36.4. The molecule has 272 valence electrons. The second-order valence-electron chi connectivity index (χ2n) is 12.9. The molecule has 7 rings (SSSR count). The van der Waals surface area contributed by atoms with E-state index >= 15 is 0 Å². The minimum atomic E-state index is -1.05. The normalized spacial score (nSPS) is 20.6. The summed E-state index contributed by atoms with van der Waals surface area (Å²) in [5.41, 5.74) is 6.07. The monoisotopic (exact) mass is 730 g/mol. The van der Waals surface area contributed by atoms with Gasteiger partial charge in [-0.25, -0.2) is 9.59 Å². The van der Waals surface area contributed by atoms with Crippen molar-refractivity contribution >= 4 is 23.9 Å². The van der Waals surface area contributed by atoms with Crippen LogP contribution in [0.1, 0.15) is 45.5 Å². The molecule has 9 heteroatoms. The molecule has 0 spiro atoms. The van der Waals surface area contributed by atoms with Gasteiger partial charge in [-0.05, 0) is 51.3 Å². The van der Waals surface area contributed by atoms with E-state index in [4.69, 9.17) is 28.4 Å². The molecule has 2 aliphatic rings. The first-order valence-corrected chi connectivity index (χ1v) is 19.0. The van der Waals surface area contributed by atoms with E-state index < -0.39 is 42.0 Å². The fourth-order valence-corrected chi connectivity index (χ4v) is 7.85. The standard InChI is InChI=1S/C44H42O8S/c1-2-53-43-41(51-42(45)32-20-10-5-11-21-32)40(48-27-31-18-8-4-9-19-31)39(38(50-43)29-47-26-30-16-6-3-7-17-30)52-44(46)49-28-37-35-24-14-12-22-33(35)34-23-13-15-25-36(34)37/h3-25,37-41,43H,2,26-29H2,1H3/t38-,39-,40+,41-,43+/m1/s1. The molecule has 5 atom stereocenters. The maximum Gasteiger partial charge on any atom is 0.508 e. The zero-order valence-corrected chi connectivity index (χ0v) is 30.3. The van der Waals surface area contributed by atoms with Crippen LogP contribution in [0.5, 0.6) is 0 Å². The van der Waals surface area contributed by atoms with Gasteiger partial charge in [-0.3, -0.25) is 0 Å². The average Bonchev–Trinajstić information content (AvgIpc) is 3.52. The highest BCUT2D eigenvalue weighted by Gasteiger charge is 2.51. The van der Waals surface area contributed by atoms with Gasteiger partial charge in [0.25, 0.3) is 0 Å². The average molecular weight is 731 g/mol. The number of esters is 1. The molecule has 1 heterocycles. The summed E-state index contributed by atoms with van der Waals surface area (Å²) < 4.78 is 37.7. The summed E-state index contributed by atoms with van der Waals surface area (Å²) in [7, 11) is 0. The van der Waals surface area contributed by atoms with Gasteiger partial charge in [0.1, 0.15) is 24.3 Å². The van der Waals surface area contributed by atoms with Gasteiger partial charge in [0.15, 0.2) is 12.2 Å². The molecule has 53 heavy (non-hydrogen) atoms. The molecule has 8 nitrogen and oxygen atoms in total. The van der Waals surface area contributed by atoms with Crippen molar-refractivity contribution in [3.63, 3.8) is 0 Å². The van der Waals surface area contributed by atoms with Crippen molar-refractivity contribution < 1.29 is 38.0 Å². The molecule has 0 radical (unpaired) electrons. The highest BCUT2D eigenvalue weighted by molar-refractivity contribution is 7.99. The molecule has 0 unspecified atom stereocenters. The maximum atomic E-state index is 13.8. The number of ether oxygens (including phenoxy) is 6. The van der Waals surface area contributed by atoms with E-state index in [2.05, 4.69) is 24.3 Å². The largest absolute Gasteiger partial charge is 0.508 e. The van der Waals surface area contributed by atoms with Crippen molar-refractivity contribution in [3.05, 3.63) is 167 Å². The highest BCUT2D eigenvalue weighted by atomic mass is 32.2. The van der Waals surface area contributed by atoms with Crippen LogP contribution in [0.3, 0.4) is 0 Å². The first-order valence-electron chi connectivity index (χ1n) is 17.9. The summed E-state index contributed by atoms with van der Waals surface area (Å²) in [6.07, 6.45) is -4.56. The van der Waals surface area contributed by atoms with Crippen LogP contribution in [0.25, 0.3) is 11.1 Å². The minimum Gasteiger partial charge on any atom is -0.452 e. The summed E-state index contributed by atoms with van der Waals surface area (Å²) in [4.78, 5) is 27.4. The second-order valence-corrected chi connectivity index (χ2v) is 14.2. The van der Waals surface area contributed by atoms with Crippen molar-refractivity contribution in [1.29, 1.82) is 0 Å². The van der Waals surface area contributed by atoms with Gasteiger partial charge < -0.3 is 28.4 Å². The summed E-state index contributed by atoms with van der Waals surface area (Å²) in [6, 6.07) is 44.6. The fourth-order valence-electron chi connectivity index (χ4n) is 6.90. The SMILES string of the molecule is CCS[C@@H]1O[C@H](COCc2ccccc2)[C@@H](OC(=O)OCC2c3ccccc3-c3ccccc32)[C@H](OCc2ccccc2)[C@H]1OC(=O)c1ccccc1. The summed E-state index contributed by atoms with van der Waals surface area (Å²) in [6.45, 7) is 2.67. The predicted octanol–water partition coefficient (Wildman–Crippen LogP) is 8.83. The Balaban J connectivity index is 1.16. The van der Waals surface area contributed by atoms with E-state index in [0.29, 0.717) is 17.9 Å². The number of hydrogen-bond donors (Lipinski definition) is 0. The van der Waals surface area contributed by atoms with Gasteiger partial charge in [0, 0.05) is 5.92 Å². The van der Waals surface area contributed by atoms with Crippen LogP contribution in [0.4, 0.5) is 4.79 Å². The van der Waals surface area contributed by atoms with Crippen LogP contribution in [-0.4, -0.2) is 60.9 Å². The molecule has 0 aromatic heterocycles. The fraction of sp³-hybridized carbons (Fsp3) is 0.273. The van der Waals surface area contributed by atoms with E-state index in [-0.39, 0.29) is 25.7 Å². The lowest BCUT2D eigenvalue weighted by molar-refractivity contribution is -0.230. The number of benzene rings is 5. The summed E-state index contributed by atoms with van der Waals surface area (Å²) >= 11 is 1.48. The highest BCUT2D eigenvalue weighted by Crippen LogP contribution is 2.44. The molecule has 1 aliphatic carbocycles. The Morgan fingerprint density at radius 1 is 0.623 bits per heavy atom. The minimum absolute atomic E-state index is 0.0753. The van der Waals surface area contributed by atoms with Crippen molar-refractivity contribution in [3.8, 4) is 11.1 Å². The Morgan fingerprint density at radius 3 is 1.81 bits per heavy atom. The Labute approximate surface area is 314 Å². The lowest BCUT2D eigenvalue weighted by atomic mass is 9.98. The van der Waals surface area contributed by atoms with E-state index in [9.17, 15) is 9.59 Å². The number of hydrogen-bond acceptors (Lipinski definition) is 9. The van der Waals surface area contributed by atoms with Crippen LogP contribution in [0, 0.1) is 0 Å². The first-order chi connectivity index (χ1) is 26.1. The number of carbonyl (C=O) groups is 2. The Bertz CT molecular complexity index is 1890. The second kappa shape index (κ2) is 17.7. The van der Waals surface area contributed by atoms with Crippen LogP contribution in [0.15, 0.2) is 140 Å². The number of thioether (sulfide) groups is 1. The quantitative estimate of drug-likeness (QED) is 0.104. The van der Waals surface area contributed by atoms with Gasteiger partial charge in [0.2, 0.25) is 0 Å². The van der Waals surface area contributed by atoms with Gasteiger partial charge in [0.05, 0.1) is 25.4 Å². The van der Waals surface area contributed by atoms with Crippen molar-refractivity contribution in [2.45, 2.75) is 55.9 Å². The van der Waals surface area contributed by atoms with Crippen LogP contribution in [-0.2, 0) is 41.6 Å². The lowest BCUT2D eigenvalue weighted by Crippen LogP contribution is -2.61. The van der Waals surface area contributed by atoms with Gasteiger partial charge in [-0.1, -0.05) is 134 Å². The van der Waals surface area contributed by atoms with Gasteiger partial charge in [-0.15, -0.1) is 11.8 Å². The maximum absolute atomic E-state index is 13.8. The molecule has 0 saturated carbocycles. The third kappa shape index (κ3) is 8.83. The Morgan fingerprint density at radius 2 is 1.19 bits per heavy atom. The third-order valence-electron chi connectivity index (χ3n) is 9.42. The third-order valence-corrected chi connectivity index (χ3v) is 10.5. The zero-order chi connectivity index (χ0) is 36.4. The molecular formula is C44H42O8S. The lowest BCUT2D eigenvalue weighted by Gasteiger charge is -2.44. The van der Waals surface area contributed by atoms with E-state index in [0.717, 1.165) is 33.4 Å². The molecule has 5 aromatic rings. The van der Waals surface area contributed by atoms with E-state index in [1.54, 1.807) is 24.3 Å².